The Balaban J connectivity index is 0.000000343. The molecule has 10 heteroatoms. The van der Waals surface area contributed by atoms with Crippen LogP contribution in [0.5, 0.6) is 17.2 Å². The van der Waals surface area contributed by atoms with Crippen molar-refractivity contribution >= 4 is 12.2 Å². The van der Waals surface area contributed by atoms with Gasteiger partial charge in [-0.3, -0.25) is 14.2 Å². The van der Waals surface area contributed by atoms with Crippen molar-refractivity contribution in [3.63, 3.8) is 0 Å². The minimum atomic E-state index is -0.603. The number of rotatable bonds is 4. The Hall–Kier alpha value is -3.08. The normalized spacial score (nSPS) is 17.7. The second-order valence-electron chi connectivity index (χ2n) is 8.78. The number of methoxy groups -OCH3 is 1. The fourth-order valence-electron chi connectivity index (χ4n) is 3.94. The second kappa shape index (κ2) is 11.4. The quantitative estimate of drug-likeness (QED) is 0.634. The van der Waals surface area contributed by atoms with E-state index in [0.717, 1.165) is 0 Å². The van der Waals surface area contributed by atoms with Crippen molar-refractivity contribution in [1.82, 2.24) is 24.2 Å². The Morgan fingerprint density at radius 2 is 1.29 bits per heavy atom. The molecule has 34 heavy (non-hydrogen) atoms. The molecule has 2 aliphatic heterocycles. The predicted octanol–water partition coefficient (Wildman–Crippen LogP) is 0.961. The molecule has 0 bridgehead atoms. The molecule has 0 saturated carbocycles. The zero-order chi connectivity index (χ0) is 24.8. The lowest BCUT2D eigenvalue weighted by Crippen LogP contribution is -2.47. The number of hydrogen-bond acceptors (Lipinski definition) is 8. The smallest absolute Gasteiger partial charge is 0.274 e. The highest BCUT2D eigenvalue weighted by atomic mass is 16.5. The third kappa shape index (κ3) is 5.69. The van der Waals surface area contributed by atoms with E-state index in [2.05, 4.69) is 28.8 Å². The summed E-state index contributed by atoms with van der Waals surface area (Å²) in [4.78, 5) is 32.9. The number of nitrogens with zero attached hydrogens (tertiary/aromatic N) is 5. The minimum Gasteiger partial charge on any atom is -0.503 e. The number of hydrogen-bond donors (Lipinski definition) is 2. The van der Waals surface area contributed by atoms with Gasteiger partial charge in [0.2, 0.25) is 0 Å². The zero-order valence-electron chi connectivity index (χ0n) is 20.4. The molecule has 4 rings (SSSR count). The highest BCUT2D eigenvalue weighted by Gasteiger charge is 2.31. The third-order valence-corrected chi connectivity index (χ3v) is 6.32. The van der Waals surface area contributed by atoms with E-state index in [-0.39, 0.29) is 11.4 Å². The largest absolute Gasteiger partial charge is 0.503 e. The number of carbonyl (C=O) groups excluding carboxylic acids is 2. The number of benzene rings is 1. The molecule has 1 aromatic carbocycles. The summed E-state index contributed by atoms with van der Waals surface area (Å²) in [6, 6.07) is 6.63. The number of piperazine rings is 2. The monoisotopic (exact) mass is 473 g/mol. The molecule has 0 unspecified atom stereocenters. The molecule has 0 spiro atoms. The summed E-state index contributed by atoms with van der Waals surface area (Å²) in [6.45, 7) is 7.35. The molecular weight excluding hydrogens is 438 g/mol. The number of likely N-dealkylation sites (N-methyl/N-ethyl adjacent to an activating group) is 3. The van der Waals surface area contributed by atoms with Crippen molar-refractivity contribution in [3.8, 4) is 22.9 Å². The van der Waals surface area contributed by atoms with Gasteiger partial charge in [0.15, 0.2) is 23.5 Å². The van der Waals surface area contributed by atoms with E-state index in [0.29, 0.717) is 43.9 Å². The highest BCUT2D eigenvalue weighted by molar-refractivity contribution is 6.00. The van der Waals surface area contributed by atoms with Crippen LogP contribution in [0.2, 0.25) is 0 Å². The molecule has 1 amide bonds. The molecule has 10 nitrogen and oxygen atoms in total. The summed E-state index contributed by atoms with van der Waals surface area (Å²) in [6.07, 6.45) is 0.417. The van der Waals surface area contributed by atoms with E-state index < -0.39 is 17.4 Å². The molecule has 2 N–H and O–H groups in total. The number of carbonyl (C=O) groups is 2. The van der Waals surface area contributed by atoms with Crippen LogP contribution in [0, 0.1) is 0 Å². The lowest BCUT2D eigenvalue weighted by molar-refractivity contribution is 0.0652. The van der Waals surface area contributed by atoms with E-state index in [1.807, 2.05) is 7.05 Å². The number of aromatic nitrogens is 1. The maximum atomic E-state index is 13.0. The minimum absolute atomic E-state index is 0.126. The van der Waals surface area contributed by atoms with Gasteiger partial charge in [0.25, 0.3) is 5.91 Å². The lowest BCUT2D eigenvalue weighted by atomic mass is 10.2. The van der Waals surface area contributed by atoms with Crippen LogP contribution in [0.15, 0.2) is 24.3 Å². The van der Waals surface area contributed by atoms with Gasteiger partial charge in [-0.05, 0) is 45.4 Å². The summed E-state index contributed by atoms with van der Waals surface area (Å²) in [7, 11) is 7.84. The number of amides is 1. The Labute approximate surface area is 200 Å². The van der Waals surface area contributed by atoms with Gasteiger partial charge in [-0.15, -0.1) is 0 Å². The van der Waals surface area contributed by atoms with Crippen LogP contribution >= 0.6 is 0 Å². The van der Waals surface area contributed by atoms with Gasteiger partial charge in [-0.2, -0.15) is 0 Å². The van der Waals surface area contributed by atoms with Gasteiger partial charge >= 0.3 is 0 Å². The van der Waals surface area contributed by atoms with Crippen molar-refractivity contribution in [3.05, 3.63) is 35.7 Å². The van der Waals surface area contributed by atoms with Gasteiger partial charge in [0.05, 0.1) is 7.11 Å². The molecule has 2 aromatic rings. The lowest BCUT2D eigenvalue weighted by Gasteiger charge is -2.32. The standard InChI is InChI=1S/C18H21N3O5.C6H14N2/c1-19-7-9-20(10-8-19)18(25)15-17(24)16(23)14(11-22)21(15)12-3-5-13(26-2)6-4-12;1-7-3-5-8(2)6-4-7/h3-6,11,23-24H,7-10H2,1-2H3;3-6H2,1-2H3. The predicted molar refractivity (Wildman–Crippen MR) is 129 cm³/mol. The van der Waals surface area contributed by atoms with E-state index in [9.17, 15) is 19.8 Å². The molecule has 2 saturated heterocycles. The van der Waals surface area contributed by atoms with Gasteiger partial charge in [-0.1, -0.05) is 0 Å². The average molecular weight is 474 g/mol. The maximum absolute atomic E-state index is 13.0. The first-order valence-corrected chi connectivity index (χ1v) is 11.4. The zero-order valence-corrected chi connectivity index (χ0v) is 20.4. The Morgan fingerprint density at radius 1 is 0.824 bits per heavy atom. The Kier molecular flexibility index (Phi) is 8.54. The van der Waals surface area contributed by atoms with E-state index in [4.69, 9.17) is 4.74 Å². The van der Waals surface area contributed by atoms with Crippen molar-refractivity contribution in [1.29, 1.82) is 0 Å². The van der Waals surface area contributed by atoms with Gasteiger partial charge in [0, 0.05) is 58.0 Å². The van der Waals surface area contributed by atoms with Crippen LogP contribution in [0.25, 0.3) is 5.69 Å². The van der Waals surface area contributed by atoms with Crippen LogP contribution < -0.4 is 4.74 Å². The number of aldehydes is 1. The fraction of sp³-hybridized carbons (Fsp3) is 0.500. The van der Waals surface area contributed by atoms with Crippen LogP contribution in [0.4, 0.5) is 0 Å². The maximum Gasteiger partial charge on any atom is 0.274 e. The Morgan fingerprint density at radius 3 is 1.74 bits per heavy atom. The van der Waals surface area contributed by atoms with Crippen LogP contribution in [-0.2, 0) is 0 Å². The summed E-state index contributed by atoms with van der Waals surface area (Å²) in [5.74, 6) is -1.02. The Bertz CT molecular complexity index is 965. The van der Waals surface area contributed by atoms with Crippen LogP contribution in [0.3, 0.4) is 0 Å². The summed E-state index contributed by atoms with van der Waals surface area (Å²) >= 11 is 0. The molecule has 2 fully saturated rings. The highest BCUT2D eigenvalue weighted by Crippen LogP contribution is 2.38. The average Bonchev–Trinajstić information content (AvgIpc) is 3.11. The molecular formula is C24H35N5O5. The number of aromatic hydroxyl groups is 2. The van der Waals surface area contributed by atoms with E-state index in [1.165, 1.54) is 37.9 Å². The third-order valence-electron chi connectivity index (χ3n) is 6.32. The van der Waals surface area contributed by atoms with Gasteiger partial charge < -0.3 is 34.5 Å². The first-order valence-electron chi connectivity index (χ1n) is 11.4. The van der Waals surface area contributed by atoms with Crippen molar-refractivity contribution in [2.45, 2.75) is 0 Å². The van der Waals surface area contributed by atoms with Crippen molar-refractivity contribution < 1.29 is 24.5 Å². The topological polar surface area (TPSA) is 102 Å². The molecule has 186 valence electrons. The molecule has 3 heterocycles. The molecule has 0 radical (unpaired) electrons. The summed E-state index contributed by atoms with van der Waals surface area (Å²) < 4.78 is 6.39. The van der Waals surface area contributed by atoms with Gasteiger partial charge in [-0.25, -0.2) is 0 Å². The molecule has 1 aromatic heterocycles. The molecule has 0 atom stereocenters. The molecule has 2 aliphatic rings. The van der Waals surface area contributed by atoms with Crippen LogP contribution in [-0.4, -0.2) is 127 Å². The van der Waals surface area contributed by atoms with Crippen molar-refractivity contribution in [2.24, 2.45) is 0 Å². The van der Waals surface area contributed by atoms with E-state index in [1.54, 1.807) is 29.2 Å². The first kappa shape index (κ1) is 25.5. The first-order chi connectivity index (χ1) is 16.3. The second-order valence-corrected chi connectivity index (χ2v) is 8.78. The van der Waals surface area contributed by atoms with Crippen LogP contribution in [0.1, 0.15) is 21.0 Å². The number of ether oxygens (including phenoxy) is 1. The fourth-order valence-corrected chi connectivity index (χ4v) is 3.94. The summed E-state index contributed by atoms with van der Waals surface area (Å²) in [5, 5.41) is 20.5. The van der Waals surface area contributed by atoms with Gasteiger partial charge in [0.1, 0.15) is 11.4 Å². The summed E-state index contributed by atoms with van der Waals surface area (Å²) in [5.41, 5.74) is 0.158. The SMILES string of the molecule is CN1CCN(C)CC1.COc1ccc(-n2c(C=O)c(O)c(O)c2C(=O)N2CCN(C)CC2)cc1. The van der Waals surface area contributed by atoms with E-state index >= 15 is 0 Å². The molecule has 0 aliphatic carbocycles. The van der Waals surface area contributed by atoms with Crippen molar-refractivity contribution in [2.75, 3.05) is 80.6 Å².